The molecule has 3 atom stereocenters. The first-order chi connectivity index (χ1) is 13.2. The SMILES string of the molecule is CO[C@H]1CCC[C@@H](N(C)C(=O)Cc2cccc3occc23)[C@@H]1N1CCCC1.Cl. The highest BCUT2D eigenvalue weighted by molar-refractivity contribution is 5.87. The molecular formula is C22H31ClN2O3. The fourth-order valence-corrected chi connectivity index (χ4v) is 5.00. The molecule has 1 amide bonds. The van der Waals surface area contributed by atoms with E-state index in [2.05, 4.69) is 4.90 Å². The molecule has 0 N–H and O–H groups in total. The average Bonchev–Trinajstić information content (AvgIpc) is 3.38. The average molecular weight is 407 g/mol. The summed E-state index contributed by atoms with van der Waals surface area (Å²) < 4.78 is 11.3. The van der Waals surface area contributed by atoms with Crippen LogP contribution in [-0.2, 0) is 16.0 Å². The van der Waals surface area contributed by atoms with Crippen molar-refractivity contribution in [1.82, 2.24) is 9.80 Å². The van der Waals surface area contributed by atoms with Crippen molar-refractivity contribution in [1.29, 1.82) is 0 Å². The summed E-state index contributed by atoms with van der Waals surface area (Å²) in [5, 5.41) is 1.04. The normalized spacial score (nSPS) is 25.6. The fourth-order valence-electron chi connectivity index (χ4n) is 5.00. The first-order valence-corrected chi connectivity index (χ1v) is 10.2. The van der Waals surface area contributed by atoms with Crippen LogP contribution in [0.25, 0.3) is 11.0 Å². The zero-order valence-corrected chi connectivity index (χ0v) is 17.6. The first kappa shape index (κ1) is 21.2. The number of furan rings is 1. The predicted molar refractivity (Wildman–Crippen MR) is 113 cm³/mol. The third-order valence-corrected chi connectivity index (χ3v) is 6.45. The van der Waals surface area contributed by atoms with E-state index in [0.29, 0.717) is 12.5 Å². The van der Waals surface area contributed by atoms with Crippen LogP contribution >= 0.6 is 12.4 Å². The second kappa shape index (κ2) is 9.29. The molecule has 2 aliphatic rings. The van der Waals surface area contributed by atoms with Crippen molar-refractivity contribution in [3.05, 3.63) is 36.1 Å². The Labute approximate surface area is 173 Å². The number of carbonyl (C=O) groups is 1. The molecule has 0 spiro atoms. The van der Waals surface area contributed by atoms with Crippen LogP contribution in [0, 0.1) is 0 Å². The maximum Gasteiger partial charge on any atom is 0.227 e. The van der Waals surface area contributed by atoms with Gasteiger partial charge in [0.05, 0.1) is 24.8 Å². The first-order valence-electron chi connectivity index (χ1n) is 10.2. The smallest absolute Gasteiger partial charge is 0.227 e. The van der Waals surface area contributed by atoms with Crippen LogP contribution < -0.4 is 0 Å². The van der Waals surface area contributed by atoms with Gasteiger partial charge in [-0.15, -0.1) is 12.4 Å². The molecule has 6 heteroatoms. The monoisotopic (exact) mass is 406 g/mol. The Balaban J connectivity index is 0.00000225. The molecule has 0 bridgehead atoms. The summed E-state index contributed by atoms with van der Waals surface area (Å²) in [6, 6.07) is 8.42. The Hall–Kier alpha value is -1.56. The van der Waals surface area contributed by atoms with Crippen molar-refractivity contribution in [2.24, 2.45) is 0 Å². The van der Waals surface area contributed by atoms with Crippen molar-refractivity contribution in [3.63, 3.8) is 0 Å². The molecular weight excluding hydrogens is 376 g/mol. The van der Waals surface area contributed by atoms with Gasteiger partial charge in [-0.05, 0) is 62.9 Å². The van der Waals surface area contributed by atoms with Crippen molar-refractivity contribution in [3.8, 4) is 0 Å². The number of ether oxygens (including phenoxy) is 1. The van der Waals surface area contributed by atoms with E-state index in [1.165, 1.54) is 12.8 Å². The summed E-state index contributed by atoms with van der Waals surface area (Å²) in [4.78, 5) is 17.7. The second-order valence-electron chi connectivity index (χ2n) is 7.94. The summed E-state index contributed by atoms with van der Waals surface area (Å²) in [5.74, 6) is 0.176. The van der Waals surface area contributed by atoms with E-state index < -0.39 is 0 Å². The van der Waals surface area contributed by atoms with E-state index in [-0.39, 0.29) is 30.5 Å². The molecule has 1 aromatic carbocycles. The van der Waals surface area contributed by atoms with Gasteiger partial charge in [-0.1, -0.05) is 12.1 Å². The van der Waals surface area contributed by atoms with E-state index in [0.717, 1.165) is 48.9 Å². The minimum Gasteiger partial charge on any atom is -0.464 e. The number of likely N-dealkylation sites (tertiary alicyclic amines) is 1. The topological polar surface area (TPSA) is 45.9 Å². The lowest BCUT2D eigenvalue weighted by atomic mass is 9.85. The summed E-state index contributed by atoms with van der Waals surface area (Å²) in [6.45, 7) is 2.24. The number of halogens is 1. The Morgan fingerprint density at radius 1 is 1.21 bits per heavy atom. The van der Waals surface area contributed by atoms with Gasteiger partial charge in [0.1, 0.15) is 5.58 Å². The van der Waals surface area contributed by atoms with E-state index in [9.17, 15) is 4.79 Å². The molecule has 2 heterocycles. The van der Waals surface area contributed by atoms with Crippen LogP contribution in [-0.4, -0.2) is 61.1 Å². The quantitative estimate of drug-likeness (QED) is 0.755. The van der Waals surface area contributed by atoms with Gasteiger partial charge in [-0.3, -0.25) is 9.69 Å². The standard InChI is InChI=1S/C22H30N2O3.ClH/c1-23(21(25)15-16-7-5-9-19-17(16)11-14-27-19)18-8-6-10-20(26-2)22(18)24-12-3-4-13-24;/h5,7,9,11,14,18,20,22H,3-4,6,8,10,12-13,15H2,1-2H3;1H/t18-,20+,22+;/m1./s1. The van der Waals surface area contributed by atoms with Gasteiger partial charge >= 0.3 is 0 Å². The van der Waals surface area contributed by atoms with E-state index in [1.54, 1.807) is 6.26 Å². The third-order valence-electron chi connectivity index (χ3n) is 6.45. The van der Waals surface area contributed by atoms with E-state index >= 15 is 0 Å². The lowest BCUT2D eigenvalue weighted by Crippen LogP contribution is -2.59. The van der Waals surface area contributed by atoms with E-state index in [1.807, 2.05) is 43.3 Å². The largest absolute Gasteiger partial charge is 0.464 e. The number of methoxy groups -OCH3 is 1. The zero-order valence-electron chi connectivity index (χ0n) is 16.8. The summed E-state index contributed by atoms with van der Waals surface area (Å²) in [6.07, 6.45) is 8.07. The molecule has 0 radical (unpaired) electrons. The predicted octanol–water partition coefficient (Wildman–Crippen LogP) is 3.89. The summed E-state index contributed by atoms with van der Waals surface area (Å²) in [5.41, 5.74) is 1.88. The van der Waals surface area contributed by atoms with Gasteiger partial charge in [0.25, 0.3) is 0 Å². The van der Waals surface area contributed by atoms with Crippen LogP contribution in [0.2, 0.25) is 0 Å². The molecule has 2 fully saturated rings. The van der Waals surface area contributed by atoms with Crippen LogP contribution in [0.1, 0.15) is 37.7 Å². The molecule has 2 aromatic rings. The number of carbonyl (C=O) groups excluding carboxylic acids is 1. The number of rotatable bonds is 5. The zero-order chi connectivity index (χ0) is 18.8. The minimum atomic E-state index is 0. The third kappa shape index (κ3) is 4.07. The van der Waals surface area contributed by atoms with Crippen molar-refractivity contribution < 1.29 is 13.9 Å². The van der Waals surface area contributed by atoms with Crippen molar-refractivity contribution in [2.45, 2.75) is 56.7 Å². The number of hydrogen-bond acceptors (Lipinski definition) is 4. The minimum absolute atomic E-state index is 0. The number of benzene rings is 1. The molecule has 1 saturated carbocycles. The molecule has 4 rings (SSSR count). The maximum atomic E-state index is 13.2. The van der Waals surface area contributed by atoms with Gasteiger partial charge in [0.2, 0.25) is 5.91 Å². The van der Waals surface area contributed by atoms with Crippen LogP contribution in [0.3, 0.4) is 0 Å². The Morgan fingerprint density at radius 2 is 2.00 bits per heavy atom. The lowest BCUT2D eigenvalue weighted by Gasteiger charge is -2.46. The molecule has 1 saturated heterocycles. The molecule has 28 heavy (non-hydrogen) atoms. The number of fused-ring (bicyclic) bond motifs is 1. The van der Waals surface area contributed by atoms with Crippen LogP contribution in [0.4, 0.5) is 0 Å². The second-order valence-corrected chi connectivity index (χ2v) is 7.94. The van der Waals surface area contributed by atoms with Crippen LogP contribution in [0.15, 0.2) is 34.9 Å². The van der Waals surface area contributed by atoms with Crippen LogP contribution in [0.5, 0.6) is 0 Å². The lowest BCUT2D eigenvalue weighted by molar-refractivity contribution is -0.136. The molecule has 5 nitrogen and oxygen atoms in total. The Bertz CT molecular complexity index is 785. The van der Waals surface area contributed by atoms with Gasteiger partial charge in [0.15, 0.2) is 0 Å². The molecule has 1 aromatic heterocycles. The van der Waals surface area contributed by atoms with Gasteiger partial charge in [-0.2, -0.15) is 0 Å². The number of likely N-dealkylation sites (N-methyl/N-ethyl adjacent to an activating group) is 1. The molecule has 0 unspecified atom stereocenters. The summed E-state index contributed by atoms with van der Waals surface area (Å²) in [7, 11) is 3.79. The van der Waals surface area contributed by atoms with Crippen molar-refractivity contribution in [2.75, 3.05) is 27.2 Å². The fraction of sp³-hybridized carbons (Fsp3) is 0.591. The van der Waals surface area contributed by atoms with Gasteiger partial charge in [-0.25, -0.2) is 0 Å². The highest BCUT2D eigenvalue weighted by Gasteiger charge is 2.41. The van der Waals surface area contributed by atoms with Crippen molar-refractivity contribution >= 4 is 29.3 Å². The molecule has 1 aliphatic heterocycles. The Morgan fingerprint density at radius 3 is 2.75 bits per heavy atom. The van der Waals surface area contributed by atoms with E-state index in [4.69, 9.17) is 9.15 Å². The highest BCUT2D eigenvalue weighted by Crippen LogP contribution is 2.31. The number of nitrogens with zero attached hydrogens (tertiary/aromatic N) is 2. The summed E-state index contributed by atoms with van der Waals surface area (Å²) >= 11 is 0. The molecule has 1 aliphatic carbocycles. The molecule has 154 valence electrons. The number of hydrogen-bond donors (Lipinski definition) is 0. The number of amides is 1. The maximum absolute atomic E-state index is 13.2. The van der Waals surface area contributed by atoms with Gasteiger partial charge in [0, 0.05) is 25.6 Å². The highest BCUT2D eigenvalue weighted by atomic mass is 35.5. The Kier molecular flexibility index (Phi) is 7.02. The van der Waals surface area contributed by atoms with Gasteiger partial charge < -0.3 is 14.1 Å².